The van der Waals surface area contributed by atoms with Crippen molar-refractivity contribution in [1.29, 1.82) is 0 Å². The van der Waals surface area contributed by atoms with Crippen molar-refractivity contribution in [2.45, 2.75) is 33.3 Å². The van der Waals surface area contributed by atoms with Gasteiger partial charge in [-0.05, 0) is 68.4 Å². The number of benzene rings is 2. The lowest BCUT2D eigenvalue weighted by atomic mass is 10.1. The molecule has 0 aromatic heterocycles. The van der Waals surface area contributed by atoms with E-state index in [1.165, 1.54) is 6.07 Å². The Kier molecular flexibility index (Phi) is 6.90. The van der Waals surface area contributed by atoms with Crippen LogP contribution in [0.4, 0.5) is 5.69 Å². The van der Waals surface area contributed by atoms with E-state index in [9.17, 15) is 14.7 Å². The number of carboxylic acid groups (broad SMARTS) is 1. The summed E-state index contributed by atoms with van der Waals surface area (Å²) in [7, 11) is 0. The van der Waals surface area contributed by atoms with Crippen LogP contribution in [0.2, 0.25) is 0 Å². The monoisotopic (exact) mass is 385 g/mol. The number of hydrogen-bond donors (Lipinski definition) is 2. The number of amides is 1. The first-order chi connectivity index (χ1) is 12.8. The topological polar surface area (TPSA) is 90.5 Å². The van der Waals surface area contributed by atoms with E-state index < -0.39 is 5.97 Å². The fourth-order valence-electron chi connectivity index (χ4n) is 2.32. The van der Waals surface area contributed by atoms with Crippen molar-refractivity contribution in [3.05, 3.63) is 59.2 Å². The summed E-state index contributed by atoms with van der Waals surface area (Å²) >= 11 is 5.15. The maximum absolute atomic E-state index is 12.3. The number of hydrogen-bond acceptors (Lipinski definition) is 5. The second-order valence-electron chi connectivity index (χ2n) is 6.03. The molecule has 7 heteroatoms. The molecule has 0 bridgehead atoms. The summed E-state index contributed by atoms with van der Waals surface area (Å²) in [5.74, 6) is -0.960. The van der Waals surface area contributed by atoms with Gasteiger partial charge in [0.05, 0.1) is 12.1 Å². The molecule has 1 amide bonds. The molecule has 2 aromatic carbocycles. The van der Waals surface area contributed by atoms with Crippen LogP contribution >= 0.6 is 12.2 Å². The minimum Gasteiger partial charge on any atom is -0.545 e. The van der Waals surface area contributed by atoms with Gasteiger partial charge in [0.2, 0.25) is 0 Å². The number of carbonyl (C=O) groups excluding carboxylic acids is 2. The van der Waals surface area contributed by atoms with Gasteiger partial charge in [-0.15, -0.1) is 0 Å². The third-order valence-electron chi connectivity index (χ3n) is 4.06. The van der Waals surface area contributed by atoms with Gasteiger partial charge in [0.15, 0.2) is 5.11 Å². The van der Waals surface area contributed by atoms with Gasteiger partial charge in [-0.2, -0.15) is 0 Å². The molecule has 0 spiro atoms. The summed E-state index contributed by atoms with van der Waals surface area (Å²) in [5, 5.41) is 16.6. The first-order valence-electron chi connectivity index (χ1n) is 8.51. The molecule has 0 aliphatic carbocycles. The number of aromatic carboxylic acids is 1. The molecule has 27 heavy (non-hydrogen) atoms. The van der Waals surface area contributed by atoms with Crippen LogP contribution < -0.4 is 20.5 Å². The van der Waals surface area contributed by atoms with E-state index in [-0.39, 0.29) is 22.7 Å². The maximum Gasteiger partial charge on any atom is 0.257 e. The second-order valence-corrected chi connectivity index (χ2v) is 6.44. The van der Waals surface area contributed by atoms with E-state index >= 15 is 0 Å². The van der Waals surface area contributed by atoms with Crippen molar-refractivity contribution in [3.63, 3.8) is 0 Å². The molecule has 0 radical (unpaired) electrons. The summed E-state index contributed by atoms with van der Waals surface area (Å²) in [6.45, 7) is 5.64. The first-order valence-corrected chi connectivity index (χ1v) is 8.92. The highest BCUT2D eigenvalue weighted by Gasteiger charge is 2.11. The molecule has 142 valence electrons. The van der Waals surface area contributed by atoms with Gasteiger partial charge in [0.25, 0.3) is 5.91 Å². The summed E-state index contributed by atoms with van der Waals surface area (Å²) in [6, 6.07) is 11.4. The molecule has 0 heterocycles. The van der Waals surface area contributed by atoms with E-state index in [0.29, 0.717) is 22.6 Å². The molecule has 0 saturated heterocycles. The highest BCUT2D eigenvalue weighted by molar-refractivity contribution is 7.80. The third kappa shape index (κ3) is 5.52. The Morgan fingerprint density at radius 3 is 2.44 bits per heavy atom. The van der Waals surface area contributed by atoms with Crippen LogP contribution in [-0.2, 0) is 0 Å². The number of nitrogens with one attached hydrogen (secondary N) is 2. The fraction of sp³-hybridized carbons (Fsp3) is 0.250. The average molecular weight is 385 g/mol. The molecular weight excluding hydrogens is 364 g/mol. The minimum atomic E-state index is -1.27. The summed E-state index contributed by atoms with van der Waals surface area (Å²) < 4.78 is 5.68. The SMILES string of the molecule is CC[C@@H](C)Oc1ccc(C(=O)NC(=S)Nc2cccc(C(=O)[O-])c2C)cc1. The highest BCUT2D eigenvalue weighted by Crippen LogP contribution is 2.18. The number of ether oxygens (including phenoxy) is 1. The number of rotatable bonds is 6. The van der Waals surface area contributed by atoms with Crippen LogP contribution in [0, 0.1) is 6.92 Å². The van der Waals surface area contributed by atoms with Gasteiger partial charge in [0.1, 0.15) is 5.75 Å². The van der Waals surface area contributed by atoms with Crippen LogP contribution in [0.15, 0.2) is 42.5 Å². The van der Waals surface area contributed by atoms with Crippen molar-refractivity contribution in [2.75, 3.05) is 5.32 Å². The standard InChI is InChI=1S/C20H22N2O4S/c1-4-12(2)26-15-10-8-14(9-11-15)18(23)22-20(27)21-17-7-5-6-16(13(17)3)19(24)25/h5-12H,4H2,1-3H3,(H,24,25)(H2,21,22,23,27)/p-1/t12-/m1/s1. The van der Waals surface area contributed by atoms with Gasteiger partial charge in [0, 0.05) is 16.8 Å². The lowest BCUT2D eigenvalue weighted by Gasteiger charge is -2.15. The van der Waals surface area contributed by atoms with Crippen molar-refractivity contribution in [3.8, 4) is 5.75 Å². The average Bonchev–Trinajstić information content (AvgIpc) is 2.63. The van der Waals surface area contributed by atoms with E-state index in [2.05, 4.69) is 10.6 Å². The summed E-state index contributed by atoms with van der Waals surface area (Å²) in [5.41, 5.74) is 1.45. The van der Waals surface area contributed by atoms with Gasteiger partial charge in [-0.3, -0.25) is 10.1 Å². The van der Waals surface area contributed by atoms with Gasteiger partial charge < -0.3 is 20.0 Å². The van der Waals surface area contributed by atoms with Gasteiger partial charge in [-0.25, -0.2) is 0 Å². The Hall–Kier alpha value is -2.93. The third-order valence-corrected chi connectivity index (χ3v) is 4.26. The van der Waals surface area contributed by atoms with Crippen LogP contribution in [0.1, 0.15) is 46.5 Å². The Balaban J connectivity index is 2.01. The van der Waals surface area contributed by atoms with E-state index in [0.717, 1.165) is 6.42 Å². The molecule has 0 aliphatic heterocycles. The Labute approximate surface area is 163 Å². The highest BCUT2D eigenvalue weighted by atomic mass is 32.1. The van der Waals surface area contributed by atoms with E-state index in [1.54, 1.807) is 43.3 Å². The number of thiocarbonyl (C=S) groups is 1. The predicted molar refractivity (Wildman–Crippen MR) is 106 cm³/mol. The molecule has 0 saturated carbocycles. The normalized spacial score (nSPS) is 11.4. The fourth-order valence-corrected chi connectivity index (χ4v) is 2.52. The quantitative estimate of drug-likeness (QED) is 0.743. The largest absolute Gasteiger partial charge is 0.545 e. The molecule has 2 rings (SSSR count). The van der Waals surface area contributed by atoms with Crippen molar-refractivity contribution >= 4 is 34.9 Å². The maximum atomic E-state index is 12.3. The lowest BCUT2D eigenvalue weighted by molar-refractivity contribution is -0.255. The second kappa shape index (κ2) is 9.14. The zero-order chi connectivity index (χ0) is 20.0. The summed E-state index contributed by atoms with van der Waals surface area (Å²) in [4.78, 5) is 23.4. The van der Waals surface area contributed by atoms with Crippen LogP contribution in [-0.4, -0.2) is 23.1 Å². The minimum absolute atomic E-state index is 0.0611. The van der Waals surface area contributed by atoms with Gasteiger partial charge in [-0.1, -0.05) is 19.1 Å². The van der Waals surface area contributed by atoms with Crippen molar-refractivity contribution in [1.82, 2.24) is 5.32 Å². The molecule has 2 aromatic rings. The van der Waals surface area contributed by atoms with E-state index in [1.807, 2.05) is 13.8 Å². The van der Waals surface area contributed by atoms with Gasteiger partial charge >= 0.3 is 0 Å². The lowest BCUT2D eigenvalue weighted by Crippen LogP contribution is -2.34. The summed E-state index contributed by atoms with van der Waals surface area (Å²) in [6.07, 6.45) is 0.988. The van der Waals surface area contributed by atoms with Crippen LogP contribution in [0.25, 0.3) is 0 Å². The van der Waals surface area contributed by atoms with Crippen LogP contribution in [0.3, 0.4) is 0 Å². The van der Waals surface area contributed by atoms with Crippen molar-refractivity contribution in [2.24, 2.45) is 0 Å². The Bertz CT molecular complexity index is 850. The molecule has 0 aliphatic rings. The van der Waals surface area contributed by atoms with Crippen molar-refractivity contribution < 1.29 is 19.4 Å². The number of carboxylic acids is 1. The smallest absolute Gasteiger partial charge is 0.257 e. The predicted octanol–water partition coefficient (Wildman–Crippen LogP) is 2.66. The number of carbonyl (C=O) groups is 2. The molecule has 2 N–H and O–H groups in total. The molecule has 0 unspecified atom stereocenters. The van der Waals surface area contributed by atoms with E-state index in [4.69, 9.17) is 17.0 Å². The molecular formula is C20H21N2O4S-. The number of anilines is 1. The molecule has 0 fully saturated rings. The van der Waals surface area contributed by atoms with Crippen LogP contribution in [0.5, 0.6) is 5.75 Å². The Morgan fingerprint density at radius 1 is 1.19 bits per heavy atom. The molecule has 1 atom stereocenters. The molecule has 6 nitrogen and oxygen atoms in total. The zero-order valence-corrected chi connectivity index (χ0v) is 16.2. The zero-order valence-electron chi connectivity index (χ0n) is 15.4. The Morgan fingerprint density at radius 2 is 1.85 bits per heavy atom. The first kappa shape index (κ1) is 20.4.